The number of nitrogens with zero attached hydrogens (tertiary/aromatic N) is 1. The quantitative estimate of drug-likeness (QED) is 0.470. The third-order valence-corrected chi connectivity index (χ3v) is 5.93. The molecule has 33 heavy (non-hydrogen) atoms. The molecular formula is C27H26FNO4. The van der Waals surface area contributed by atoms with Crippen molar-refractivity contribution in [2.75, 3.05) is 20.2 Å². The van der Waals surface area contributed by atoms with Gasteiger partial charge in [-0.25, -0.2) is 4.39 Å². The Morgan fingerprint density at radius 1 is 0.909 bits per heavy atom. The molecule has 0 aromatic heterocycles. The summed E-state index contributed by atoms with van der Waals surface area (Å²) in [6.07, 6.45) is 1.27. The van der Waals surface area contributed by atoms with Crippen molar-refractivity contribution in [2.24, 2.45) is 5.92 Å². The van der Waals surface area contributed by atoms with Crippen LogP contribution in [0.15, 0.2) is 72.8 Å². The molecule has 1 aliphatic rings. The van der Waals surface area contributed by atoms with Gasteiger partial charge >= 0.3 is 0 Å². The van der Waals surface area contributed by atoms with Crippen LogP contribution in [0.5, 0.6) is 11.5 Å². The molecule has 1 fully saturated rings. The number of amides is 1. The van der Waals surface area contributed by atoms with Crippen LogP contribution in [0, 0.1) is 11.7 Å². The summed E-state index contributed by atoms with van der Waals surface area (Å²) in [6.45, 7) is 1.36. The van der Waals surface area contributed by atoms with Crippen LogP contribution in [0.4, 0.5) is 4.39 Å². The van der Waals surface area contributed by atoms with Crippen molar-refractivity contribution in [3.8, 4) is 11.5 Å². The van der Waals surface area contributed by atoms with E-state index in [2.05, 4.69) is 0 Å². The maximum Gasteiger partial charge on any atom is 0.253 e. The largest absolute Gasteiger partial charge is 0.497 e. The molecule has 170 valence electrons. The number of Topliss-reactive ketones (excluding diaryl/α,β-unsaturated/α-hetero) is 1. The van der Waals surface area contributed by atoms with Gasteiger partial charge in [-0.05, 0) is 73.0 Å². The molecule has 3 aromatic rings. The van der Waals surface area contributed by atoms with Crippen molar-refractivity contribution < 1.29 is 23.5 Å². The minimum atomic E-state index is -0.291. The molecule has 1 amide bonds. The fourth-order valence-corrected chi connectivity index (χ4v) is 3.98. The predicted octanol–water partition coefficient (Wildman–Crippen LogP) is 5.15. The number of carbonyl (C=O) groups excluding carboxylic acids is 2. The van der Waals surface area contributed by atoms with E-state index < -0.39 is 0 Å². The Kier molecular flexibility index (Phi) is 7.03. The van der Waals surface area contributed by atoms with Gasteiger partial charge in [-0.15, -0.1) is 0 Å². The molecule has 0 bridgehead atoms. The number of rotatable bonds is 7. The molecule has 5 nitrogen and oxygen atoms in total. The maximum absolute atomic E-state index is 13.0. The number of halogens is 1. The molecule has 0 saturated carbocycles. The van der Waals surface area contributed by atoms with Gasteiger partial charge in [0.15, 0.2) is 5.78 Å². The van der Waals surface area contributed by atoms with Gasteiger partial charge < -0.3 is 14.4 Å². The van der Waals surface area contributed by atoms with Crippen molar-refractivity contribution in [3.05, 3.63) is 95.3 Å². The standard InChI is InChI=1S/C27H26FNO4/c1-32-24-11-7-20(8-12-24)26(30)21-13-15-29(16-14-21)27(31)22-3-2-4-25(17-22)33-18-19-5-9-23(28)10-6-19/h2-12,17,21H,13-16,18H2,1H3. The number of ether oxygens (including phenoxy) is 2. The molecule has 0 atom stereocenters. The third-order valence-electron chi connectivity index (χ3n) is 5.93. The Morgan fingerprint density at radius 2 is 1.61 bits per heavy atom. The van der Waals surface area contributed by atoms with Crippen LogP contribution in [-0.4, -0.2) is 36.8 Å². The predicted molar refractivity (Wildman–Crippen MR) is 123 cm³/mol. The molecule has 0 N–H and O–H groups in total. The van der Waals surface area contributed by atoms with Gasteiger partial charge in [0, 0.05) is 30.1 Å². The number of likely N-dealkylation sites (tertiary alicyclic amines) is 1. The van der Waals surface area contributed by atoms with Crippen LogP contribution in [0.1, 0.15) is 39.1 Å². The van der Waals surface area contributed by atoms with Crippen molar-refractivity contribution in [1.29, 1.82) is 0 Å². The van der Waals surface area contributed by atoms with E-state index in [9.17, 15) is 14.0 Å². The van der Waals surface area contributed by atoms with E-state index in [0.717, 1.165) is 11.3 Å². The number of methoxy groups -OCH3 is 1. The Morgan fingerprint density at radius 3 is 2.27 bits per heavy atom. The van der Waals surface area contributed by atoms with Crippen molar-refractivity contribution >= 4 is 11.7 Å². The van der Waals surface area contributed by atoms with Gasteiger partial charge in [0.05, 0.1) is 7.11 Å². The zero-order chi connectivity index (χ0) is 23.2. The van der Waals surface area contributed by atoms with Crippen molar-refractivity contribution in [3.63, 3.8) is 0 Å². The molecule has 0 unspecified atom stereocenters. The minimum Gasteiger partial charge on any atom is -0.497 e. The first-order chi connectivity index (χ1) is 16.0. The zero-order valence-electron chi connectivity index (χ0n) is 18.5. The molecule has 1 saturated heterocycles. The summed E-state index contributed by atoms with van der Waals surface area (Å²) < 4.78 is 24.0. The summed E-state index contributed by atoms with van der Waals surface area (Å²) >= 11 is 0. The van der Waals surface area contributed by atoms with Gasteiger partial charge in [0.1, 0.15) is 23.9 Å². The monoisotopic (exact) mass is 447 g/mol. The van der Waals surface area contributed by atoms with Gasteiger partial charge in [-0.2, -0.15) is 0 Å². The van der Waals surface area contributed by atoms with E-state index in [4.69, 9.17) is 9.47 Å². The molecule has 0 spiro atoms. The van der Waals surface area contributed by atoms with Crippen LogP contribution >= 0.6 is 0 Å². The second-order valence-corrected chi connectivity index (χ2v) is 8.10. The van der Waals surface area contributed by atoms with Gasteiger partial charge in [0.25, 0.3) is 5.91 Å². The SMILES string of the molecule is COc1ccc(C(=O)C2CCN(C(=O)c3cccc(OCc4ccc(F)cc4)c3)CC2)cc1. The molecule has 0 aliphatic carbocycles. The average Bonchev–Trinajstić information content (AvgIpc) is 2.88. The molecule has 0 radical (unpaired) electrons. The van der Waals surface area contributed by atoms with Crippen LogP contribution in [0.25, 0.3) is 0 Å². The summed E-state index contributed by atoms with van der Waals surface area (Å²) in [5.74, 6) is 0.956. The minimum absolute atomic E-state index is 0.0717. The normalized spacial score (nSPS) is 14.1. The molecule has 1 heterocycles. The average molecular weight is 448 g/mol. The highest BCUT2D eigenvalue weighted by atomic mass is 19.1. The first-order valence-corrected chi connectivity index (χ1v) is 11.0. The summed E-state index contributed by atoms with van der Waals surface area (Å²) in [4.78, 5) is 27.6. The number of benzene rings is 3. The van der Waals surface area contributed by atoms with E-state index in [1.54, 1.807) is 72.7 Å². The van der Waals surface area contributed by atoms with Crippen LogP contribution in [-0.2, 0) is 6.61 Å². The lowest BCUT2D eigenvalue weighted by atomic mass is 9.88. The Labute approximate surface area is 192 Å². The fourth-order valence-electron chi connectivity index (χ4n) is 3.98. The molecule has 3 aromatic carbocycles. The second-order valence-electron chi connectivity index (χ2n) is 8.10. The number of carbonyl (C=O) groups is 2. The van der Waals surface area contributed by atoms with Gasteiger partial charge in [0.2, 0.25) is 0 Å². The van der Waals surface area contributed by atoms with E-state index in [0.29, 0.717) is 42.8 Å². The van der Waals surface area contributed by atoms with E-state index in [1.165, 1.54) is 12.1 Å². The lowest BCUT2D eigenvalue weighted by Crippen LogP contribution is -2.40. The zero-order valence-corrected chi connectivity index (χ0v) is 18.5. The third kappa shape index (κ3) is 5.58. The highest BCUT2D eigenvalue weighted by Crippen LogP contribution is 2.25. The first-order valence-electron chi connectivity index (χ1n) is 11.0. The summed E-state index contributed by atoms with van der Waals surface area (Å²) in [5, 5.41) is 0. The topological polar surface area (TPSA) is 55.8 Å². The number of ketones is 1. The Hall–Kier alpha value is -3.67. The van der Waals surface area contributed by atoms with Crippen LogP contribution in [0.3, 0.4) is 0 Å². The number of hydrogen-bond donors (Lipinski definition) is 0. The van der Waals surface area contributed by atoms with Gasteiger partial charge in [-0.3, -0.25) is 9.59 Å². The molecular weight excluding hydrogens is 421 g/mol. The Balaban J connectivity index is 1.33. The highest BCUT2D eigenvalue weighted by molar-refractivity contribution is 5.98. The summed E-state index contributed by atoms with van der Waals surface area (Å²) in [5.41, 5.74) is 2.06. The van der Waals surface area contributed by atoms with E-state index >= 15 is 0 Å². The smallest absolute Gasteiger partial charge is 0.253 e. The molecule has 6 heteroatoms. The number of piperidine rings is 1. The second kappa shape index (κ2) is 10.3. The van der Waals surface area contributed by atoms with Gasteiger partial charge in [-0.1, -0.05) is 18.2 Å². The maximum atomic E-state index is 13.0. The van der Waals surface area contributed by atoms with E-state index in [-0.39, 0.29) is 30.0 Å². The lowest BCUT2D eigenvalue weighted by molar-refractivity contribution is 0.0650. The van der Waals surface area contributed by atoms with Crippen LogP contribution in [0.2, 0.25) is 0 Å². The Bertz CT molecular complexity index is 1100. The van der Waals surface area contributed by atoms with Crippen molar-refractivity contribution in [1.82, 2.24) is 4.90 Å². The summed E-state index contributed by atoms with van der Waals surface area (Å²) in [7, 11) is 1.59. The number of hydrogen-bond acceptors (Lipinski definition) is 4. The highest BCUT2D eigenvalue weighted by Gasteiger charge is 2.28. The molecule has 4 rings (SSSR count). The molecule has 1 aliphatic heterocycles. The fraction of sp³-hybridized carbons (Fsp3) is 0.259. The summed E-state index contributed by atoms with van der Waals surface area (Å²) in [6, 6.07) is 20.3. The van der Waals surface area contributed by atoms with Crippen molar-refractivity contribution in [2.45, 2.75) is 19.4 Å². The first kappa shape index (κ1) is 22.5. The van der Waals surface area contributed by atoms with Crippen LogP contribution < -0.4 is 9.47 Å². The van der Waals surface area contributed by atoms with E-state index in [1.807, 2.05) is 0 Å². The lowest BCUT2D eigenvalue weighted by Gasteiger charge is -2.31.